The van der Waals surface area contributed by atoms with Gasteiger partial charge in [-0.05, 0) is 24.5 Å². The number of rotatable bonds is 4. The van der Waals surface area contributed by atoms with Crippen LogP contribution in [0.3, 0.4) is 0 Å². The fourth-order valence-corrected chi connectivity index (χ4v) is 1.62. The summed E-state index contributed by atoms with van der Waals surface area (Å²) in [4.78, 5) is 0. The Hall–Kier alpha value is -1.75. The SMILES string of the molecule is C[C@H](NCc1nnc(-c2ccccc2F)o1)C(C)(C)C. The van der Waals surface area contributed by atoms with Crippen molar-refractivity contribution in [1.82, 2.24) is 15.5 Å². The third kappa shape index (κ3) is 3.42. The first kappa shape index (κ1) is 14.7. The average Bonchev–Trinajstić information content (AvgIpc) is 2.84. The van der Waals surface area contributed by atoms with Crippen LogP contribution in [-0.2, 0) is 6.54 Å². The van der Waals surface area contributed by atoms with Crippen LogP contribution in [0, 0.1) is 11.2 Å². The van der Waals surface area contributed by atoms with Crippen LogP contribution in [0.4, 0.5) is 4.39 Å². The molecule has 0 fully saturated rings. The van der Waals surface area contributed by atoms with Crippen molar-refractivity contribution in [3.63, 3.8) is 0 Å². The molecule has 0 amide bonds. The number of benzene rings is 1. The highest BCUT2D eigenvalue weighted by atomic mass is 19.1. The van der Waals surface area contributed by atoms with Gasteiger partial charge in [0.05, 0.1) is 12.1 Å². The largest absolute Gasteiger partial charge is 0.419 e. The number of halogens is 1. The second-order valence-corrected chi connectivity index (χ2v) is 5.95. The third-order valence-electron chi connectivity index (χ3n) is 3.43. The lowest BCUT2D eigenvalue weighted by molar-refractivity contribution is 0.277. The minimum atomic E-state index is -0.362. The molecule has 2 aromatic rings. The fourth-order valence-electron chi connectivity index (χ4n) is 1.62. The van der Waals surface area contributed by atoms with Gasteiger partial charge in [0.2, 0.25) is 5.89 Å². The standard InChI is InChI=1S/C15H20FN3O/c1-10(15(2,3)4)17-9-13-18-19-14(20-13)11-7-5-6-8-12(11)16/h5-8,10,17H,9H2,1-4H3/t10-/m0/s1. The lowest BCUT2D eigenvalue weighted by atomic mass is 9.88. The first-order valence-electron chi connectivity index (χ1n) is 6.68. The van der Waals surface area contributed by atoms with Gasteiger partial charge in [0, 0.05) is 6.04 Å². The Morgan fingerprint density at radius 2 is 1.95 bits per heavy atom. The van der Waals surface area contributed by atoms with E-state index in [1.165, 1.54) is 6.07 Å². The van der Waals surface area contributed by atoms with E-state index in [4.69, 9.17) is 4.42 Å². The molecular formula is C15H20FN3O. The molecule has 20 heavy (non-hydrogen) atoms. The van der Waals surface area contributed by atoms with Crippen molar-refractivity contribution in [1.29, 1.82) is 0 Å². The van der Waals surface area contributed by atoms with Crippen LogP contribution in [0.1, 0.15) is 33.6 Å². The van der Waals surface area contributed by atoms with E-state index in [9.17, 15) is 4.39 Å². The molecule has 0 unspecified atom stereocenters. The minimum Gasteiger partial charge on any atom is -0.419 e. The van der Waals surface area contributed by atoms with E-state index >= 15 is 0 Å². The van der Waals surface area contributed by atoms with Gasteiger partial charge in [-0.2, -0.15) is 0 Å². The van der Waals surface area contributed by atoms with E-state index < -0.39 is 0 Å². The van der Waals surface area contributed by atoms with Crippen LogP contribution in [0.2, 0.25) is 0 Å². The molecule has 0 spiro atoms. The molecule has 1 aromatic carbocycles. The molecule has 0 aliphatic heterocycles. The number of hydrogen-bond acceptors (Lipinski definition) is 4. The predicted octanol–water partition coefficient (Wildman–Crippen LogP) is 3.40. The molecular weight excluding hydrogens is 257 g/mol. The highest BCUT2D eigenvalue weighted by Crippen LogP contribution is 2.22. The molecule has 0 radical (unpaired) electrons. The Labute approximate surface area is 118 Å². The van der Waals surface area contributed by atoms with Crippen molar-refractivity contribution in [3.05, 3.63) is 36.0 Å². The Balaban J connectivity index is 2.05. The van der Waals surface area contributed by atoms with Crippen molar-refractivity contribution in [2.45, 2.75) is 40.3 Å². The number of nitrogens with zero attached hydrogens (tertiary/aromatic N) is 2. The summed E-state index contributed by atoms with van der Waals surface area (Å²) in [6.07, 6.45) is 0. The van der Waals surface area contributed by atoms with Gasteiger partial charge in [-0.1, -0.05) is 32.9 Å². The van der Waals surface area contributed by atoms with E-state index in [1.54, 1.807) is 18.2 Å². The van der Waals surface area contributed by atoms with Gasteiger partial charge < -0.3 is 9.73 Å². The van der Waals surface area contributed by atoms with Gasteiger partial charge in [-0.15, -0.1) is 10.2 Å². The third-order valence-corrected chi connectivity index (χ3v) is 3.43. The highest BCUT2D eigenvalue weighted by Gasteiger charge is 2.20. The van der Waals surface area contributed by atoms with E-state index in [0.717, 1.165) is 0 Å². The second-order valence-electron chi connectivity index (χ2n) is 5.95. The molecule has 1 aromatic heterocycles. The summed E-state index contributed by atoms with van der Waals surface area (Å²) in [5.41, 5.74) is 0.476. The van der Waals surface area contributed by atoms with Crippen LogP contribution < -0.4 is 5.32 Å². The lowest BCUT2D eigenvalue weighted by Gasteiger charge is -2.27. The van der Waals surface area contributed by atoms with Gasteiger partial charge >= 0.3 is 0 Å². The fraction of sp³-hybridized carbons (Fsp3) is 0.467. The van der Waals surface area contributed by atoms with Crippen LogP contribution >= 0.6 is 0 Å². The molecule has 1 atom stereocenters. The summed E-state index contributed by atoms with van der Waals surface area (Å²) in [5, 5.41) is 11.2. The van der Waals surface area contributed by atoms with Crippen molar-refractivity contribution in [2.24, 2.45) is 5.41 Å². The molecule has 5 heteroatoms. The van der Waals surface area contributed by atoms with Gasteiger partial charge in [-0.3, -0.25) is 0 Å². The van der Waals surface area contributed by atoms with Gasteiger partial charge in [0.15, 0.2) is 0 Å². The summed E-state index contributed by atoms with van der Waals surface area (Å²) >= 11 is 0. The first-order chi connectivity index (χ1) is 9.38. The van der Waals surface area contributed by atoms with Crippen LogP contribution in [-0.4, -0.2) is 16.2 Å². The predicted molar refractivity (Wildman–Crippen MR) is 75.4 cm³/mol. The van der Waals surface area contributed by atoms with Crippen molar-refractivity contribution < 1.29 is 8.81 Å². The van der Waals surface area contributed by atoms with Gasteiger partial charge in [-0.25, -0.2) is 4.39 Å². The molecule has 1 heterocycles. The molecule has 108 valence electrons. The normalized spacial score (nSPS) is 13.4. The first-order valence-corrected chi connectivity index (χ1v) is 6.68. The molecule has 0 saturated carbocycles. The van der Waals surface area contributed by atoms with Gasteiger partial charge in [0.25, 0.3) is 5.89 Å². The summed E-state index contributed by atoms with van der Waals surface area (Å²) in [7, 11) is 0. The average molecular weight is 277 g/mol. The maximum absolute atomic E-state index is 13.6. The number of hydrogen-bond donors (Lipinski definition) is 1. The molecule has 0 aliphatic rings. The van der Waals surface area contributed by atoms with E-state index in [-0.39, 0.29) is 17.1 Å². The smallest absolute Gasteiger partial charge is 0.250 e. The van der Waals surface area contributed by atoms with Crippen LogP contribution in [0.25, 0.3) is 11.5 Å². The highest BCUT2D eigenvalue weighted by molar-refractivity contribution is 5.53. The summed E-state index contributed by atoms with van der Waals surface area (Å²) in [6.45, 7) is 9.05. The molecule has 4 nitrogen and oxygen atoms in total. The maximum atomic E-state index is 13.6. The Morgan fingerprint density at radius 3 is 2.60 bits per heavy atom. The summed E-state index contributed by atoms with van der Waals surface area (Å²) in [6, 6.07) is 6.66. The summed E-state index contributed by atoms with van der Waals surface area (Å²) in [5.74, 6) is 0.307. The Morgan fingerprint density at radius 1 is 1.25 bits per heavy atom. The Bertz CT molecular complexity index is 574. The molecule has 0 bridgehead atoms. The number of aromatic nitrogens is 2. The zero-order valence-electron chi connectivity index (χ0n) is 12.3. The molecule has 0 aliphatic carbocycles. The Kier molecular flexibility index (Phi) is 4.18. The topological polar surface area (TPSA) is 51.0 Å². The second kappa shape index (κ2) is 5.71. The molecule has 2 rings (SSSR count). The minimum absolute atomic E-state index is 0.147. The van der Waals surface area contributed by atoms with Crippen molar-refractivity contribution >= 4 is 0 Å². The van der Waals surface area contributed by atoms with Gasteiger partial charge in [0.1, 0.15) is 5.82 Å². The van der Waals surface area contributed by atoms with Crippen molar-refractivity contribution in [2.75, 3.05) is 0 Å². The van der Waals surface area contributed by atoms with E-state index in [0.29, 0.717) is 24.0 Å². The van der Waals surface area contributed by atoms with Crippen molar-refractivity contribution in [3.8, 4) is 11.5 Å². The quantitative estimate of drug-likeness (QED) is 0.930. The van der Waals surface area contributed by atoms with Crippen LogP contribution in [0.15, 0.2) is 28.7 Å². The molecule has 1 N–H and O–H groups in total. The molecule has 0 saturated heterocycles. The van der Waals surface area contributed by atoms with Crippen LogP contribution in [0.5, 0.6) is 0 Å². The summed E-state index contributed by atoms with van der Waals surface area (Å²) < 4.78 is 19.1. The lowest BCUT2D eigenvalue weighted by Crippen LogP contribution is -2.37. The maximum Gasteiger partial charge on any atom is 0.250 e. The van der Waals surface area contributed by atoms with E-state index in [1.807, 2.05) is 0 Å². The zero-order valence-corrected chi connectivity index (χ0v) is 12.3. The zero-order chi connectivity index (χ0) is 14.8. The monoisotopic (exact) mass is 277 g/mol. The van der Waals surface area contributed by atoms with E-state index in [2.05, 4.69) is 43.2 Å². The number of nitrogens with one attached hydrogen (secondary N) is 1.